The molecule has 0 aromatic heterocycles. The molecule has 30 heavy (non-hydrogen) atoms. The van der Waals surface area contributed by atoms with Crippen LogP contribution < -0.4 is 9.62 Å². The first-order chi connectivity index (χ1) is 14.5. The van der Waals surface area contributed by atoms with Gasteiger partial charge >= 0.3 is 0 Å². The smallest absolute Gasteiger partial charge is 0.264 e. The number of nitrogens with zero attached hydrogens (tertiary/aromatic N) is 1. The lowest BCUT2D eigenvalue weighted by molar-refractivity contribution is 0.0954. The van der Waals surface area contributed by atoms with E-state index in [9.17, 15) is 17.6 Å². The summed E-state index contributed by atoms with van der Waals surface area (Å²) in [5.41, 5.74) is 2.43. The number of hydrogen-bond acceptors (Lipinski definition) is 3. The van der Waals surface area contributed by atoms with Crippen molar-refractivity contribution in [3.05, 3.63) is 95.3 Å². The number of sulfonamides is 1. The van der Waals surface area contributed by atoms with Gasteiger partial charge < -0.3 is 5.32 Å². The molecular weight excluding hydrogens is 403 g/mol. The maximum Gasteiger partial charge on any atom is 0.264 e. The Balaban J connectivity index is 1.48. The van der Waals surface area contributed by atoms with E-state index in [0.717, 1.165) is 5.56 Å². The van der Waals surface area contributed by atoms with Gasteiger partial charge in [0.1, 0.15) is 5.82 Å². The lowest BCUT2D eigenvalue weighted by atomic mass is 10.1. The van der Waals surface area contributed by atoms with Gasteiger partial charge in [-0.25, -0.2) is 12.8 Å². The van der Waals surface area contributed by atoms with Crippen LogP contribution in [0.2, 0.25) is 0 Å². The zero-order chi connectivity index (χ0) is 21.1. The van der Waals surface area contributed by atoms with Crippen molar-refractivity contribution in [1.29, 1.82) is 0 Å². The zero-order valence-electron chi connectivity index (χ0n) is 16.2. The van der Waals surface area contributed by atoms with Gasteiger partial charge in [0.2, 0.25) is 0 Å². The largest absolute Gasteiger partial charge is 0.352 e. The number of anilines is 1. The molecule has 0 aliphatic carbocycles. The predicted octanol–water partition coefficient (Wildman–Crippen LogP) is 3.55. The van der Waals surface area contributed by atoms with Crippen molar-refractivity contribution in [3.63, 3.8) is 0 Å². The Morgan fingerprint density at radius 3 is 2.60 bits per heavy atom. The van der Waals surface area contributed by atoms with Gasteiger partial charge in [-0.1, -0.05) is 42.5 Å². The first-order valence-corrected chi connectivity index (χ1v) is 11.1. The first kappa shape index (κ1) is 20.1. The normalized spacial score (nSPS) is 13.2. The Bertz CT molecular complexity index is 1190. The van der Waals surface area contributed by atoms with Gasteiger partial charge in [-0.2, -0.15) is 0 Å². The summed E-state index contributed by atoms with van der Waals surface area (Å²) in [7, 11) is -3.77. The van der Waals surface area contributed by atoms with E-state index in [1.165, 1.54) is 22.5 Å². The fraction of sp³-hybridized carbons (Fsp3) is 0.174. The molecular formula is C23H21FN2O3S. The van der Waals surface area contributed by atoms with E-state index in [1.807, 2.05) is 18.2 Å². The van der Waals surface area contributed by atoms with Crippen LogP contribution in [0.25, 0.3) is 0 Å². The molecule has 3 aromatic rings. The molecule has 3 aromatic carbocycles. The topological polar surface area (TPSA) is 66.5 Å². The number of amides is 1. The molecule has 1 aliphatic heterocycles. The molecule has 1 amide bonds. The number of carbonyl (C=O) groups excluding carboxylic acids is 1. The van der Waals surface area contributed by atoms with Crippen molar-refractivity contribution in [2.24, 2.45) is 0 Å². The van der Waals surface area contributed by atoms with E-state index in [4.69, 9.17) is 0 Å². The standard InChI is InChI=1S/C23H21FN2O3S/c24-21-10-3-1-6-17(21)12-14-25-23(27)19-8-5-9-20(16-19)30(28,29)26-15-13-18-7-2-4-11-22(18)26/h1-11,16H,12-15H2,(H,25,27). The van der Waals surface area contributed by atoms with Crippen LogP contribution in [0, 0.1) is 5.82 Å². The van der Waals surface area contributed by atoms with Crippen molar-refractivity contribution in [1.82, 2.24) is 5.32 Å². The highest BCUT2D eigenvalue weighted by Gasteiger charge is 2.30. The Morgan fingerprint density at radius 2 is 1.77 bits per heavy atom. The van der Waals surface area contributed by atoms with Crippen LogP contribution >= 0.6 is 0 Å². The van der Waals surface area contributed by atoms with Crippen molar-refractivity contribution in [2.45, 2.75) is 17.7 Å². The van der Waals surface area contributed by atoms with Gasteiger partial charge in [-0.3, -0.25) is 9.10 Å². The van der Waals surface area contributed by atoms with Crippen LogP contribution in [0.4, 0.5) is 10.1 Å². The molecule has 0 fully saturated rings. The molecule has 0 saturated heterocycles. The Morgan fingerprint density at radius 1 is 1.00 bits per heavy atom. The number of carbonyl (C=O) groups is 1. The molecule has 154 valence electrons. The molecule has 0 unspecified atom stereocenters. The number of para-hydroxylation sites is 1. The van der Waals surface area contributed by atoms with E-state index < -0.39 is 15.9 Å². The van der Waals surface area contributed by atoms with Gasteiger partial charge in [0.25, 0.3) is 15.9 Å². The van der Waals surface area contributed by atoms with Gasteiger partial charge in [-0.15, -0.1) is 0 Å². The molecule has 1 aliphatic rings. The van der Waals surface area contributed by atoms with E-state index in [2.05, 4.69) is 5.32 Å². The van der Waals surface area contributed by atoms with E-state index in [0.29, 0.717) is 30.6 Å². The minimum absolute atomic E-state index is 0.0703. The maximum atomic E-state index is 13.7. The average molecular weight is 424 g/mol. The lowest BCUT2D eigenvalue weighted by Gasteiger charge is -2.20. The van der Waals surface area contributed by atoms with Crippen LogP contribution in [0.3, 0.4) is 0 Å². The van der Waals surface area contributed by atoms with Crippen molar-refractivity contribution in [2.75, 3.05) is 17.4 Å². The number of hydrogen-bond donors (Lipinski definition) is 1. The number of halogens is 1. The van der Waals surface area contributed by atoms with Gasteiger partial charge in [0.15, 0.2) is 0 Å². The summed E-state index contributed by atoms with van der Waals surface area (Å²) in [6, 6.07) is 19.8. The molecule has 0 bridgehead atoms. The molecule has 0 radical (unpaired) electrons. The second-order valence-corrected chi connectivity index (χ2v) is 8.94. The molecule has 1 heterocycles. The molecule has 4 rings (SSSR count). The minimum Gasteiger partial charge on any atom is -0.352 e. The van der Waals surface area contributed by atoms with E-state index >= 15 is 0 Å². The van der Waals surface area contributed by atoms with Crippen LogP contribution in [-0.4, -0.2) is 27.4 Å². The monoisotopic (exact) mass is 424 g/mol. The highest BCUT2D eigenvalue weighted by Crippen LogP contribution is 2.32. The number of benzene rings is 3. The van der Waals surface area contributed by atoms with Gasteiger partial charge in [-0.05, 0) is 54.3 Å². The fourth-order valence-corrected chi connectivity index (χ4v) is 5.15. The van der Waals surface area contributed by atoms with Gasteiger partial charge in [0, 0.05) is 18.7 Å². The zero-order valence-corrected chi connectivity index (χ0v) is 17.0. The summed E-state index contributed by atoms with van der Waals surface area (Å²) in [6.07, 6.45) is 1.01. The van der Waals surface area contributed by atoms with Crippen molar-refractivity contribution < 1.29 is 17.6 Å². The summed E-state index contributed by atoms with van der Waals surface area (Å²) in [5.74, 6) is -0.712. The molecule has 7 heteroatoms. The van der Waals surface area contributed by atoms with E-state index in [1.54, 1.807) is 36.4 Å². The van der Waals surface area contributed by atoms with Crippen LogP contribution in [0.1, 0.15) is 21.5 Å². The predicted molar refractivity (Wildman–Crippen MR) is 114 cm³/mol. The number of fused-ring (bicyclic) bond motifs is 1. The summed E-state index contributed by atoms with van der Waals surface area (Å²) < 4.78 is 41.4. The van der Waals surface area contributed by atoms with Crippen LogP contribution in [0.5, 0.6) is 0 Å². The highest BCUT2D eigenvalue weighted by molar-refractivity contribution is 7.92. The maximum absolute atomic E-state index is 13.7. The highest BCUT2D eigenvalue weighted by atomic mass is 32.2. The number of nitrogens with one attached hydrogen (secondary N) is 1. The second kappa shape index (κ2) is 8.28. The fourth-order valence-electron chi connectivity index (χ4n) is 3.60. The SMILES string of the molecule is O=C(NCCc1ccccc1F)c1cccc(S(=O)(=O)N2CCc3ccccc32)c1. The third-order valence-electron chi connectivity index (χ3n) is 5.17. The number of rotatable bonds is 6. The molecule has 1 N–H and O–H groups in total. The Kier molecular flexibility index (Phi) is 5.55. The summed E-state index contributed by atoms with van der Waals surface area (Å²) in [4.78, 5) is 12.6. The van der Waals surface area contributed by atoms with Crippen molar-refractivity contribution in [3.8, 4) is 0 Å². The molecule has 0 atom stereocenters. The average Bonchev–Trinajstić information content (AvgIpc) is 3.20. The first-order valence-electron chi connectivity index (χ1n) is 9.69. The third-order valence-corrected chi connectivity index (χ3v) is 6.98. The second-order valence-electron chi connectivity index (χ2n) is 7.08. The molecule has 0 saturated carbocycles. The lowest BCUT2D eigenvalue weighted by Crippen LogP contribution is -2.30. The molecule has 0 spiro atoms. The minimum atomic E-state index is -3.77. The quantitative estimate of drug-likeness (QED) is 0.658. The molecule has 5 nitrogen and oxygen atoms in total. The Labute approximate surface area is 175 Å². The third kappa shape index (κ3) is 3.93. The summed E-state index contributed by atoms with van der Waals surface area (Å²) in [6.45, 7) is 0.622. The van der Waals surface area contributed by atoms with Crippen molar-refractivity contribution >= 4 is 21.6 Å². The van der Waals surface area contributed by atoms with Crippen LogP contribution in [0.15, 0.2) is 77.7 Å². The van der Waals surface area contributed by atoms with E-state index in [-0.39, 0.29) is 22.8 Å². The van der Waals surface area contributed by atoms with Crippen LogP contribution in [-0.2, 0) is 22.9 Å². The van der Waals surface area contributed by atoms with Gasteiger partial charge in [0.05, 0.1) is 10.6 Å². The Hall–Kier alpha value is -3.19. The summed E-state index contributed by atoms with van der Waals surface area (Å²) in [5, 5.41) is 2.72. The summed E-state index contributed by atoms with van der Waals surface area (Å²) >= 11 is 0.